The van der Waals surface area contributed by atoms with Crippen LogP contribution in [-0.2, 0) is 0 Å². The number of hydrogen-bond acceptors (Lipinski definition) is 3. The van der Waals surface area contributed by atoms with E-state index in [0.29, 0.717) is 6.61 Å². The van der Waals surface area contributed by atoms with Crippen molar-refractivity contribution in [2.45, 2.75) is 13.8 Å². The highest BCUT2D eigenvalue weighted by molar-refractivity contribution is 5.73. The van der Waals surface area contributed by atoms with Crippen LogP contribution in [0.2, 0.25) is 0 Å². The zero-order chi connectivity index (χ0) is 10.6. The topological polar surface area (TPSA) is 38.5 Å². The number of para-hydroxylation sites is 1. The third kappa shape index (κ3) is 2.10. The number of nitrogens with zero attached hydrogens (tertiary/aromatic N) is 1. The van der Waals surface area contributed by atoms with Crippen LogP contribution in [0, 0.1) is 0 Å². The second-order valence-corrected chi connectivity index (χ2v) is 3.14. The Bertz CT molecular complexity index is 299. The molecule has 0 aliphatic carbocycles. The highest BCUT2D eigenvalue weighted by Crippen LogP contribution is 2.31. The molecule has 0 saturated carbocycles. The molecule has 2 N–H and O–H groups in total. The van der Waals surface area contributed by atoms with Crippen molar-refractivity contribution in [3.05, 3.63) is 18.2 Å². The number of nitrogen functional groups attached to an aromatic ring is 1. The van der Waals surface area contributed by atoms with Gasteiger partial charge in [-0.05, 0) is 26.0 Å². The van der Waals surface area contributed by atoms with Crippen molar-refractivity contribution in [1.29, 1.82) is 0 Å². The third-order valence-corrected chi connectivity index (χ3v) is 2.23. The lowest BCUT2D eigenvalue weighted by Crippen LogP contribution is -2.17. The Morgan fingerprint density at radius 3 is 2.64 bits per heavy atom. The molecule has 0 unspecified atom stereocenters. The maximum Gasteiger partial charge on any atom is 0.144 e. The summed E-state index contributed by atoms with van der Waals surface area (Å²) in [5, 5.41) is 0. The van der Waals surface area contributed by atoms with E-state index in [2.05, 4.69) is 11.8 Å². The van der Waals surface area contributed by atoms with E-state index in [9.17, 15) is 0 Å². The van der Waals surface area contributed by atoms with Gasteiger partial charge in [0.2, 0.25) is 0 Å². The monoisotopic (exact) mass is 194 g/mol. The number of ether oxygens (including phenoxy) is 1. The lowest BCUT2D eigenvalue weighted by Gasteiger charge is -2.20. The van der Waals surface area contributed by atoms with E-state index in [-0.39, 0.29) is 0 Å². The Morgan fingerprint density at radius 2 is 2.07 bits per heavy atom. The summed E-state index contributed by atoms with van der Waals surface area (Å²) in [7, 11) is 2.02. The molecule has 0 aliphatic rings. The summed E-state index contributed by atoms with van der Waals surface area (Å²) < 4.78 is 5.42. The largest absolute Gasteiger partial charge is 0.492 e. The molecule has 0 aromatic heterocycles. The van der Waals surface area contributed by atoms with E-state index in [1.54, 1.807) is 0 Å². The van der Waals surface area contributed by atoms with E-state index in [1.165, 1.54) is 0 Å². The van der Waals surface area contributed by atoms with Gasteiger partial charge in [-0.3, -0.25) is 0 Å². The fourth-order valence-corrected chi connectivity index (χ4v) is 1.32. The molecule has 1 aromatic rings. The Balaban J connectivity index is 3.00. The molecule has 0 bridgehead atoms. The van der Waals surface area contributed by atoms with Crippen LogP contribution in [0.4, 0.5) is 11.4 Å². The summed E-state index contributed by atoms with van der Waals surface area (Å²) in [6.07, 6.45) is 0. The lowest BCUT2D eigenvalue weighted by molar-refractivity contribution is 0.342. The first kappa shape index (κ1) is 10.7. The second kappa shape index (κ2) is 4.74. The van der Waals surface area contributed by atoms with Gasteiger partial charge in [0.05, 0.1) is 18.0 Å². The first-order valence-electron chi connectivity index (χ1n) is 4.93. The summed E-state index contributed by atoms with van der Waals surface area (Å²) in [6, 6.07) is 5.86. The van der Waals surface area contributed by atoms with Gasteiger partial charge >= 0.3 is 0 Å². The van der Waals surface area contributed by atoms with Crippen LogP contribution in [0.25, 0.3) is 0 Å². The molecule has 0 saturated heterocycles. The van der Waals surface area contributed by atoms with E-state index >= 15 is 0 Å². The molecule has 14 heavy (non-hydrogen) atoms. The SMILES string of the molecule is CCOc1cccc(N(C)CC)c1N. The molecule has 78 valence electrons. The van der Waals surface area contributed by atoms with Crippen molar-refractivity contribution in [3.8, 4) is 5.75 Å². The molecule has 3 nitrogen and oxygen atoms in total. The number of nitrogens with two attached hydrogens (primary N) is 1. The number of rotatable bonds is 4. The average molecular weight is 194 g/mol. The van der Waals surface area contributed by atoms with Crippen LogP contribution >= 0.6 is 0 Å². The fraction of sp³-hybridized carbons (Fsp3) is 0.455. The van der Waals surface area contributed by atoms with Gasteiger partial charge < -0.3 is 15.4 Å². The van der Waals surface area contributed by atoms with Gasteiger partial charge in [0.1, 0.15) is 5.75 Å². The molecule has 0 radical (unpaired) electrons. The molecule has 0 atom stereocenters. The zero-order valence-electron chi connectivity index (χ0n) is 9.08. The summed E-state index contributed by atoms with van der Waals surface area (Å²) in [6.45, 7) is 5.62. The Labute approximate surface area is 85.5 Å². The van der Waals surface area contributed by atoms with Gasteiger partial charge in [0.25, 0.3) is 0 Å². The number of anilines is 2. The Hall–Kier alpha value is -1.38. The summed E-state index contributed by atoms with van der Waals surface area (Å²) in [4.78, 5) is 2.10. The Morgan fingerprint density at radius 1 is 1.36 bits per heavy atom. The summed E-state index contributed by atoms with van der Waals surface area (Å²) >= 11 is 0. The molecular formula is C11H18N2O. The van der Waals surface area contributed by atoms with Gasteiger partial charge in [0, 0.05) is 13.6 Å². The van der Waals surface area contributed by atoms with Crippen molar-refractivity contribution in [2.75, 3.05) is 30.8 Å². The minimum atomic E-state index is 0.642. The van der Waals surface area contributed by atoms with Crippen molar-refractivity contribution in [1.82, 2.24) is 0 Å². The summed E-state index contributed by atoms with van der Waals surface area (Å²) in [5.41, 5.74) is 7.73. The fourth-order valence-electron chi connectivity index (χ4n) is 1.32. The minimum absolute atomic E-state index is 0.642. The molecule has 0 aliphatic heterocycles. The van der Waals surface area contributed by atoms with Crippen molar-refractivity contribution >= 4 is 11.4 Å². The molecule has 0 heterocycles. The normalized spacial score (nSPS) is 9.93. The van der Waals surface area contributed by atoms with Gasteiger partial charge in [-0.25, -0.2) is 0 Å². The molecule has 0 fully saturated rings. The number of benzene rings is 1. The first-order valence-corrected chi connectivity index (χ1v) is 4.93. The van der Waals surface area contributed by atoms with Gasteiger partial charge in [-0.1, -0.05) is 6.07 Å². The van der Waals surface area contributed by atoms with E-state index in [1.807, 2.05) is 32.2 Å². The van der Waals surface area contributed by atoms with Crippen molar-refractivity contribution in [3.63, 3.8) is 0 Å². The predicted octanol–water partition coefficient (Wildman–Crippen LogP) is 2.12. The highest BCUT2D eigenvalue weighted by atomic mass is 16.5. The van der Waals surface area contributed by atoms with Crippen LogP contribution in [0.3, 0.4) is 0 Å². The van der Waals surface area contributed by atoms with Gasteiger partial charge in [0.15, 0.2) is 0 Å². The van der Waals surface area contributed by atoms with Crippen molar-refractivity contribution < 1.29 is 4.74 Å². The summed E-state index contributed by atoms with van der Waals surface area (Å²) in [5.74, 6) is 0.769. The highest BCUT2D eigenvalue weighted by Gasteiger charge is 2.07. The Kier molecular flexibility index (Phi) is 3.63. The third-order valence-electron chi connectivity index (χ3n) is 2.23. The van der Waals surface area contributed by atoms with Gasteiger partial charge in [-0.2, -0.15) is 0 Å². The molecule has 0 spiro atoms. The quantitative estimate of drug-likeness (QED) is 0.746. The lowest BCUT2D eigenvalue weighted by atomic mass is 10.2. The van der Waals surface area contributed by atoms with Gasteiger partial charge in [-0.15, -0.1) is 0 Å². The molecule has 0 amide bonds. The maximum absolute atomic E-state index is 5.98. The number of hydrogen-bond donors (Lipinski definition) is 1. The predicted molar refractivity (Wildman–Crippen MR) is 61.0 cm³/mol. The van der Waals surface area contributed by atoms with Crippen LogP contribution in [0.15, 0.2) is 18.2 Å². The van der Waals surface area contributed by atoms with Crippen LogP contribution in [0.1, 0.15) is 13.8 Å². The smallest absolute Gasteiger partial charge is 0.144 e. The van der Waals surface area contributed by atoms with E-state index in [4.69, 9.17) is 10.5 Å². The zero-order valence-corrected chi connectivity index (χ0v) is 9.08. The van der Waals surface area contributed by atoms with E-state index in [0.717, 1.165) is 23.7 Å². The second-order valence-electron chi connectivity index (χ2n) is 3.14. The standard InChI is InChI=1S/C11H18N2O/c1-4-13(3)9-7-6-8-10(11(9)12)14-5-2/h6-8H,4-5,12H2,1-3H3. The van der Waals surface area contributed by atoms with Crippen LogP contribution in [-0.4, -0.2) is 20.2 Å². The molecule has 1 rings (SSSR count). The van der Waals surface area contributed by atoms with Crippen LogP contribution in [0.5, 0.6) is 5.75 Å². The minimum Gasteiger partial charge on any atom is -0.492 e. The average Bonchev–Trinajstić information content (AvgIpc) is 2.20. The molecule has 1 aromatic carbocycles. The molecular weight excluding hydrogens is 176 g/mol. The van der Waals surface area contributed by atoms with Crippen molar-refractivity contribution in [2.24, 2.45) is 0 Å². The van der Waals surface area contributed by atoms with E-state index < -0.39 is 0 Å². The molecule has 3 heteroatoms. The first-order chi connectivity index (χ1) is 6.70. The maximum atomic E-state index is 5.98. The van der Waals surface area contributed by atoms with Crippen LogP contribution < -0.4 is 15.4 Å².